The van der Waals surface area contributed by atoms with Crippen molar-refractivity contribution in [2.75, 3.05) is 31.1 Å². The van der Waals surface area contributed by atoms with Crippen molar-refractivity contribution in [1.82, 2.24) is 5.32 Å². The minimum Gasteiger partial charge on any atom is -0.480 e. The van der Waals surface area contributed by atoms with Crippen LogP contribution in [0.15, 0.2) is 30.3 Å². The molecule has 1 aromatic carbocycles. The lowest BCUT2D eigenvalue weighted by atomic mass is 9.98. The molecule has 0 spiro atoms. The van der Waals surface area contributed by atoms with Gasteiger partial charge in [-0.05, 0) is 31.4 Å². The van der Waals surface area contributed by atoms with Crippen LogP contribution in [0, 0.1) is 0 Å². The Kier molecular flexibility index (Phi) is 8.25. The number of anilines is 1. The van der Waals surface area contributed by atoms with E-state index in [4.69, 9.17) is 9.84 Å². The average Bonchev–Trinajstić information content (AvgIpc) is 2.62. The summed E-state index contributed by atoms with van der Waals surface area (Å²) in [5.41, 5.74) is 0.723. The van der Waals surface area contributed by atoms with Crippen LogP contribution in [-0.4, -0.2) is 49.3 Å². The van der Waals surface area contributed by atoms with Crippen LogP contribution in [0.1, 0.15) is 38.5 Å². The van der Waals surface area contributed by atoms with Crippen LogP contribution in [0.25, 0.3) is 0 Å². The molecule has 1 aliphatic carbocycles. The number of hydrogen-bond donors (Lipinski definition) is 2. The molecule has 6 heteroatoms. The molecule has 1 aliphatic rings. The third-order valence-corrected chi connectivity index (χ3v) is 4.33. The summed E-state index contributed by atoms with van der Waals surface area (Å²) >= 11 is 0. The molecule has 138 valence electrons. The molecular formula is C19H28N2O4. The number of carbonyl (C=O) groups excluding carboxylic acids is 1. The highest BCUT2D eigenvalue weighted by molar-refractivity contribution is 5.84. The van der Waals surface area contributed by atoms with E-state index in [9.17, 15) is 9.59 Å². The first-order chi connectivity index (χ1) is 12.1. The Morgan fingerprint density at radius 1 is 1.12 bits per heavy atom. The van der Waals surface area contributed by atoms with Crippen LogP contribution in [0.3, 0.4) is 0 Å². The molecule has 1 amide bonds. The van der Waals surface area contributed by atoms with Crippen molar-refractivity contribution >= 4 is 17.6 Å². The fourth-order valence-electron chi connectivity index (χ4n) is 3.05. The number of aliphatic carboxylic acids is 1. The quantitative estimate of drug-likeness (QED) is 0.635. The first-order valence-electron chi connectivity index (χ1n) is 9.05. The monoisotopic (exact) mass is 348 g/mol. The van der Waals surface area contributed by atoms with Crippen molar-refractivity contribution in [2.45, 2.75) is 44.6 Å². The lowest BCUT2D eigenvalue weighted by Crippen LogP contribution is -2.40. The fraction of sp³-hybridized carbons (Fsp3) is 0.579. The van der Waals surface area contributed by atoms with Gasteiger partial charge in [-0.25, -0.2) is 0 Å². The molecule has 0 radical (unpaired) electrons. The van der Waals surface area contributed by atoms with Crippen LogP contribution >= 0.6 is 0 Å². The first kappa shape index (κ1) is 19.2. The van der Waals surface area contributed by atoms with Crippen LogP contribution < -0.4 is 10.2 Å². The zero-order chi connectivity index (χ0) is 17.9. The number of carbonyl (C=O) groups is 2. The average molecular weight is 348 g/mol. The van der Waals surface area contributed by atoms with Gasteiger partial charge in [0.2, 0.25) is 5.91 Å². The predicted molar refractivity (Wildman–Crippen MR) is 96.7 cm³/mol. The molecule has 0 bridgehead atoms. The summed E-state index contributed by atoms with van der Waals surface area (Å²) in [6, 6.07) is 9.10. The van der Waals surface area contributed by atoms with Gasteiger partial charge >= 0.3 is 5.97 Å². The lowest BCUT2D eigenvalue weighted by molar-refractivity contribution is -0.135. The fourth-order valence-corrected chi connectivity index (χ4v) is 3.05. The molecular weight excluding hydrogens is 320 g/mol. The Morgan fingerprint density at radius 3 is 2.52 bits per heavy atom. The van der Waals surface area contributed by atoms with E-state index in [-0.39, 0.29) is 19.0 Å². The van der Waals surface area contributed by atoms with Gasteiger partial charge in [-0.1, -0.05) is 37.5 Å². The Morgan fingerprint density at radius 2 is 1.84 bits per heavy atom. The predicted octanol–water partition coefficient (Wildman–Crippen LogP) is 2.43. The largest absolute Gasteiger partial charge is 0.480 e. The molecule has 0 aliphatic heterocycles. The van der Waals surface area contributed by atoms with Crippen molar-refractivity contribution in [1.29, 1.82) is 0 Å². The van der Waals surface area contributed by atoms with Crippen molar-refractivity contribution in [2.24, 2.45) is 0 Å². The van der Waals surface area contributed by atoms with Crippen molar-refractivity contribution < 1.29 is 19.4 Å². The SMILES string of the molecule is O=C(O)CN(CC(=O)NCCCOC1CCCCC1)c1ccccc1. The van der Waals surface area contributed by atoms with Gasteiger partial charge in [0, 0.05) is 18.8 Å². The van der Waals surface area contributed by atoms with Gasteiger partial charge in [0.1, 0.15) is 6.54 Å². The van der Waals surface area contributed by atoms with E-state index in [2.05, 4.69) is 5.32 Å². The highest BCUT2D eigenvalue weighted by Crippen LogP contribution is 2.20. The van der Waals surface area contributed by atoms with Gasteiger partial charge in [0.15, 0.2) is 0 Å². The Hall–Kier alpha value is -2.08. The van der Waals surface area contributed by atoms with E-state index < -0.39 is 5.97 Å². The maximum atomic E-state index is 12.1. The highest BCUT2D eigenvalue weighted by atomic mass is 16.5. The molecule has 25 heavy (non-hydrogen) atoms. The number of ether oxygens (including phenoxy) is 1. The van der Waals surface area contributed by atoms with Crippen LogP contribution in [0.5, 0.6) is 0 Å². The number of benzene rings is 1. The molecule has 0 atom stereocenters. The van der Waals surface area contributed by atoms with E-state index >= 15 is 0 Å². The van der Waals surface area contributed by atoms with E-state index in [1.165, 1.54) is 19.3 Å². The molecule has 1 aromatic rings. The topological polar surface area (TPSA) is 78.9 Å². The lowest BCUT2D eigenvalue weighted by Gasteiger charge is -2.23. The summed E-state index contributed by atoms with van der Waals surface area (Å²) in [7, 11) is 0. The highest BCUT2D eigenvalue weighted by Gasteiger charge is 2.15. The van der Waals surface area contributed by atoms with Gasteiger partial charge in [-0.3, -0.25) is 9.59 Å². The molecule has 2 rings (SSSR count). The maximum Gasteiger partial charge on any atom is 0.323 e. The molecule has 1 fully saturated rings. The summed E-state index contributed by atoms with van der Waals surface area (Å²) in [5, 5.41) is 11.9. The summed E-state index contributed by atoms with van der Waals surface area (Å²) in [6.07, 6.45) is 7.26. The normalized spacial score (nSPS) is 14.9. The summed E-state index contributed by atoms with van der Waals surface area (Å²) in [6.45, 7) is 1.02. The smallest absolute Gasteiger partial charge is 0.323 e. The number of nitrogens with zero attached hydrogens (tertiary/aromatic N) is 1. The standard InChI is InChI=1S/C19H28N2O4/c22-18(20-12-7-13-25-17-10-5-2-6-11-17)14-21(15-19(23)24)16-8-3-1-4-9-16/h1,3-4,8-9,17H,2,5-7,10-15H2,(H,20,22)(H,23,24). The second-order valence-electron chi connectivity index (χ2n) is 6.42. The maximum absolute atomic E-state index is 12.1. The van der Waals surface area contributed by atoms with E-state index in [0.29, 0.717) is 19.3 Å². The van der Waals surface area contributed by atoms with Crippen molar-refractivity contribution in [3.63, 3.8) is 0 Å². The Labute approximate surface area is 149 Å². The van der Waals surface area contributed by atoms with Crippen molar-refractivity contribution in [3.05, 3.63) is 30.3 Å². The Balaban J connectivity index is 1.67. The molecule has 2 N–H and O–H groups in total. The number of carboxylic acids is 1. The number of rotatable bonds is 10. The molecule has 0 unspecified atom stereocenters. The number of carboxylic acid groups (broad SMARTS) is 1. The van der Waals surface area contributed by atoms with Gasteiger partial charge in [0.05, 0.1) is 12.6 Å². The van der Waals surface area contributed by atoms with E-state index in [1.807, 2.05) is 18.2 Å². The van der Waals surface area contributed by atoms with Gasteiger partial charge in [0.25, 0.3) is 0 Å². The minimum atomic E-state index is -0.961. The Bertz CT molecular complexity index is 529. The van der Waals surface area contributed by atoms with Gasteiger partial charge < -0.3 is 20.1 Å². The molecule has 0 aromatic heterocycles. The molecule has 0 heterocycles. The molecule has 6 nitrogen and oxygen atoms in total. The van der Waals surface area contributed by atoms with Gasteiger partial charge in [-0.2, -0.15) is 0 Å². The minimum absolute atomic E-state index is 0.0276. The summed E-state index contributed by atoms with van der Waals surface area (Å²) in [5.74, 6) is -1.14. The van der Waals surface area contributed by atoms with E-state index in [1.54, 1.807) is 17.0 Å². The van der Waals surface area contributed by atoms with Crippen molar-refractivity contribution in [3.8, 4) is 0 Å². The zero-order valence-corrected chi connectivity index (χ0v) is 14.7. The summed E-state index contributed by atoms with van der Waals surface area (Å²) in [4.78, 5) is 24.7. The third kappa shape index (κ3) is 7.56. The molecule has 1 saturated carbocycles. The van der Waals surface area contributed by atoms with Crippen LogP contribution in [-0.2, 0) is 14.3 Å². The number of para-hydroxylation sites is 1. The van der Waals surface area contributed by atoms with Crippen LogP contribution in [0.4, 0.5) is 5.69 Å². The number of hydrogen-bond acceptors (Lipinski definition) is 4. The van der Waals surface area contributed by atoms with Gasteiger partial charge in [-0.15, -0.1) is 0 Å². The van der Waals surface area contributed by atoms with E-state index in [0.717, 1.165) is 24.9 Å². The second kappa shape index (κ2) is 10.7. The second-order valence-corrected chi connectivity index (χ2v) is 6.42. The number of amides is 1. The molecule has 0 saturated heterocycles. The summed E-state index contributed by atoms with van der Waals surface area (Å²) < 4.78 is 5.83. The first-order valence-corrected chi connectivity index (χ1v) is 9.05. The zero-order valence-electron chi connectivity index (χ0n) is 14.7. The number of nitrogens with one attached hydrogen (secondary N) is 1. The third-order valence-electron chi connectivity index (χ3n) is 4.33. The van der Waals surface area contributed by atoms with Crippen LogP contribution in [0.2, 0.25) is 0 Å².